The van der Waals surface area contributed by atoms with E-state index in [1.807, 2.05) is 22.6 Å². The maximum absolute atomic E-state index is 10.7. The second kappa shape index (κ2) is 6.52. The highest BCUT2D eigenvalue weighted by Crippen LogP contribution is 2.23. The van der Waals surface area contributed by atoms with Gasteiger partial charge in [0.2, 0.25) is 0 Å². The quantitative estimate of drug-likeness (QED) is 0.436. The first-order chi connectivity index (χ1) is 9.97. The number of carboxylic acid groups (broad SMARTS) is 1. The van der Waals surface area contributed by atoms with Crippen molar-refractivity contribution in [2.45, 2.75) is 6.54 Å². The first-order valence-corrected chi connectivity index (χ1v) is 6.98. The first-order valence-electron chi connectivity index (χ1n) is 5.90. The zero-order chi connectivity index (χ0) is 15.4. The highest BCUT2D eigenvalue weighted by Gasteiger charge is 2.09. The van der Waals surface area contributed by atoms with E-state index in [9.17, 15) is 14.9 Å². The van der Waals surface area contributed by atoms with Crippen LogP contribution in [-0.4, -0.2) is 32.1 Å². The van der Waals surface area contributed by atoms with E-state index in [1.54, 1.807) is 10.6 Å². The molecule has 0 aliphatic carbocycles. The number of aromatic nitrogens is 2. The van der Waals surface area contributed by atoms with Crippen LogP contribution in [0.15, 0.2) is 30.7 Å². The molecule has 1 aromatic carbocycles. The lowest BCUT2D eigenvalue weighted by Gasteiger charge is -2.08. The number of imidazole rings is 1. The fourth-order valence-electron chi connectivity index (χ4n) is 1.67. The van der Waals surface area contributed by atoms with Crippen LogP contribution < -0.4 is 5.32 Å². The summed E-state index contributed by atoms with van der Waals surface area (Å²) in [7, 11) is 0. The van der Waals surface area contributed by atoms with Gasteiger partial charge in [0.1, 0.15) is 0 Å². The van der Waals surface area contributed by atoms with Crippen molar-refractivity contribution in [2.75, 3.05) is 11.9 Å². The van der Waals surface area contributed by atoms with Gasteiger partial charge >= 0.3 is 5.97 Å². The van der Waals surface area contributed by atoms with Crippen molar-refractivity contribution < 1.29 is 14.8 Å². The van der Waals surface area contributed by atoms with Gasteiger partial charge < -0.3 is 15.0 Å². The van der Waals surface area contributed by atoms with Gasteiger partial charge in [-0.2, -0.15) is 0 Å². The van der Waals surface area contributed by atoms with Crippen LogP contribution in [0.5, 0.6) is 0 Å². The van der Waals surface area contributed by atoms with E-state index in [0.717, 1.165) is 9.26 Å². The Bertz CT molecular complexity index is 686. The highest BCUT2D eigenvalue weighted by atomic mass is 127. The summed E-state index contributed by atoms with van der Waals surface area (Å²) in [5.74, 6) is -1.06. The van der Waals surface area contributed by atoms with Crippen molar-refractivity contribution in [3.05, 3.63) is 50.1 Å². The number of non-ortho nitro benzene ring substituents is 1. The smallest absolute Gasteiger partial charge is 0.356 e. The highest BCUT2D eigenvalue weighted by molar-refractivity contribution is 14.1. The predicted octanol–water partition coefficient (Wildman–Crippen LogP) is 2.21. The Labute approximate surface area is 133 Å². The monoisotopic (exact) mass is 402 g/mol. The van der Waals surface area contributed by atoms with Crippen LogP contribution >= 0.6 is 22.6 Å². The van der Waals surface area contributed by atoms with Gasteiger partial charge in [-0.1, -0.05) is 0 Å². The molecule has 0 aliphatic rings. The van der Waals surface area contributed by atoms with E-state index < -0.39 is 10.9 Å². The number of nitro benzene ring substituents is 1. The molecule has 0 radical (unpaired) electrons. The third-order valence-corrected chi connectivity index (χ3v) is 3.59. The summed E-state index contributed by atoms with van der Waals surface area (Å²) in [5, 5.41) is 22.5. The number of hydrogen-bond acceptors (Lipinski definition) is 5. The summed E-state index contributed by atoms with van der Waals surface area (Å²) in [6.07, 6.45) is 2.90. The van der Waals surface area contributed by atoms with E-state index in [-0.39, 0.29) is 11.4 Å². The number of anilines is 1. The summed E-state index contributed by atoms with van der Waals surface area (Å²) in [4.78, 5) is 24.6. The fraction of sp³-hybridized carbons (Fsp3) is 0.167. The molecule has 0 bridgehead atoms. The zero-order valence-electron chi connectivity index (χ0n) is 10.7. The van der Waals surface area contributed by atoms with E-state index in [0.29, 0.717) is 13.1 Å². The average molecular weight is 402 g/mol. The number of halogens is 1. The molecule has 2 N–H and O–H groups in total. The lowest BCUT2D eigenvalue weighted by Crippen LogP contribution is -2.10. The van der Waals surface area contributed by atoms with Gasteiger partial charge in [0.15, 0.2) is 5.69 Å². The van der Waals surface area contributed by atoms with Gasteiger partial charge in [0.25, 0.3) is 5.69 Å². The molecular weight excluding hydrogens is 391 g/mol. The van der Waals surface area contributed by atoms with Crippen molar-refractivity contribution >= 4 is 39.9 Å². The molecule has 0 saturated carbocycles. The van der Waals surface area contributed by atoms with Crippen molar-refractivity contribution in [1.82, 2.24) is 9.55 Å². The molecule has 1 heterocycles. The van der Waals surface area contributed by atoms with Crippen molar-refractivity contribution in [3.8, 4) is 0 Å². The minimum absolute atomic E-state index is 0.0000774. The Balaban J connectivity index is 1.93. The molecule has 0 unspecified atom stereocenters. The molecule has 2 rings (SSSR count). The molecule has 8 nitrogen and oxygen atoms in total. The fourth-order valence-corrected chi connectivity index (χ4v) is 2.36. The van der Waals surface area contributed by atoms with Gasteiger partial charge in [-0.15, -0.1) is 0 Å². The lowest BCUT2D eigenvalue weighted by atomic mass is 10.3. The Morgan fingerprint density at radius 1 is 1.52 bits per heavy atom. The molecule has 1 aromatic heterocycles. The average Bonchev–Trinajstić information content (AvgIpc) is 2.89. The number of hydrogen-bond donors (Lipinski definition) is 2. The van der Waals surface area contributed by atoms with Gasteiger partial charge in [-0.05, 0) is 28.7 Å². The molecule has 0 amide bonds. The minimum Gasteiger partial charge on any atom is -0.476 e. The second-order valence-corrected chi connectivity index (χ2v) is 5.31. The third kappa shape index (κ3) is 3.90. The van der Waals surface area contributed by atoms with Gasteiger partial charge in [-0.3, -0.25) is 10.1 Å². The Kier molecular flexibility index (Phi) is 4.73. The normalized spacial score (nSPS) is 10.3. The van der Waals surface area contributed by atoms with Crippen molar-refractivity contribution in [1.29, 1.82) is 0 Å². The third-order valence-electron chi connectivity index (χ3n) is 2.70. The molecule has 0 aliphatic heterocycles. The number of nitrogens with zero attached hydrogens (tertiary/aromatic N) is 3. The molecule has 9 heteroatoms. The van der Waals surface area contributed by atoms with Crippen molar-refractivity contribution in [2.24, 2.45) is 0 Å². The van der Waals surface area contributed by atoms with Crippen molar-refractivity contribution in [3.63, 3.8) is 0 Å². The number of benzene rings is 1. The minimum atomic E-state index is -1.06. The van der Waals surface area contributed by atoms with Crippen LogP contribution in [0.1, 0.15) is 10.5 Å². The van der Waals surface area contributed by atoms with E-state index in [1.165, 1.54) is 24.7 Å². The standard InChI is InChI=1S/C12H11IN4O4/c13-9-5-8(17(20)21)1-2-10(9)14-3-4-16-6-11(12(18)19)15-7-16/h1-2,5-7,14H,3-4H2,(H,18,19). The second-order valence-electron chi connectivity index (χ2n) is 4.15. The van der Waals surface area contributed by atoms with E-state index in [4.69, 9.17) is 5.11 Å². The van der Waals surface area contributed by atoms with Crippen LogP contribution in [0, 0.1) is 13.7 Å². The van der Waals surface area contributed by atoms with Crippen LogP contribution in [0.3, 0.4) is 0 Å². The number of rotatable bonds is 6. The Hall–Kier alpha value is -2.17. The maximum atomic E-state index is 10.7. The van der Waals surface area contributed by atoms with E-state index in [2.05, 4.69) is 10.3 Å². The van der Waals surface area contributed by atoms with Gasteiger partial charge in [-0.25, -0.2) is 9.78 Å². The van der Waals surface area contributed by atoms with Crippen LogP contribution in [-0.2, 0) is 6.54 Å². The number of nitrogens with one attached hydrogen (secondary N) is 1. The molecule has 21 heavy (non-hydrogen) atoms. The van der Waals surface area contributed by atoms with Gasteiger partial charge in [0.05, 0.1) is 11.3 Å². The number of aromatic carboxylic acids is 1. The topological polar surface area (TPSA) is 110 Å². The number of nitro groups is 1. The molecule has 0 spiro atoms. The zero-order valence-corrected chi connectivity index (χ0v) is 12.9. The summed E-state index contributed by atoms with van der Waals surface area (Å²) in [5.41, 5.74) is 0.838. The van der Waals surface area contributed by atoms with Crippen LogP contribution in [0.25, 0.3) is 0 Å². The molecule has 2 aromatic rings. The van der Waals surface area contributed by atoms with Crippen LogP contribution in [0.2, 0.25) is 0 Å². The van der Waals surface area contributed by atoms with E-state index >= 15 is 0 Å². The molecule has 0 saturated heterocycles. The predicted molar refractivity (Wildman–Crippen MR) is 83.5 cm³/mol. The first kappa shape index (κ1) is 15.2. The van der Waals surface area contributed by atoms with Crippen LogP contribution in [0.4, 0.5) is 11.4 Å². The summed E-state index contributed by atoms with van der Waals surface area (Å²) >= 11 is 2.02. The molecule has 0 atom stereocenters. The molecule has 110 valence electrons. The molecular formula is C12H11IN4O4. The summed E-state index contributed by atoms with van der Waals surface area (Å²) in [6.45, 7) is 1.08. The number of carboxylic acids is 1. The Morgan fingerprint density at radius 3 is 2.86 bits per heavy atom. The lowest BCUT2D eigenvalue weighted by molar-refractivity contribution is -0.384. The Morgan fingerprint density at radius 2 is 2.29 bits per heavy atom. The summed E-state index contributed by atoms with van der Waals surface area (Å²) < 4.78 is 2.41. The SMILES string of the molecule is O=C(O)c1cn(CCNc2ccc([N+](=O)[O-])cc2I)cn1. The summed E-state index contributed by atoms with van der Waals surface area (Å²) in [6, 6.07) is 4.57. The van der Waals surface area contributed by atoms with Gasteiger partial charge in [0, 0.05) is 40.7 Å². The maximum Gasteiger partial charge on any atom is 0.356 e. The molecule has 0 fully saturated rings. The largest absolute Gasteiger partial charge is 0.476 e. The number of carbonyl (C=O) groups is 1.